The van der Waals surface area contributed by atoms with Crippen molar-refractivity contribution in [3.05, 3.63) is 29.0 Å². The molecule has 0 saturated heterocycles. The monoisotopic (exact) mass is 319 g/mol. The normalized spacial score (nSPS) is 14.7. The van der Waals surface area contributed by atoms with Crippen LogP contribution in [-0.2, 0) is 4.74 Å². The van der Waals surface area contributed by atoms with E-state index in [2.05, 4.69) is 22.5 Å². The average Bonchev–Trinajstić information content (AvgIpc) is 2.89. The third kappa shape index (κ3) is 2.28. The topological polar surface area (TPSA) is 52.3 Å². The predicted molar refractivity (Wildman–Crippen MR) is 83.1 cm³/mol. The molecule has 1 fully saturated rings. The van der Waals surface area contributed by atoms with Gasteiger partial charge in [0.2, 0.25) is 11.7 Å². The van der Waals surface area contributed by atoms with Crippen LogP contribution in [0.2, 0.25) is 0 Å². The molecule has 1 saturated carbocycles. The summed E-state index contributed by atoms with van der Waals surface area (Å²) in [6.07, 6.45) is 2.13. The second-order valence-corrected chi connectivity index (χ2v) is 7.02. The van der Waals surface area contributed by atoms with Crippen molar-refractivity contribution in [1.29, 1.82) is 0 Å². The highest BCUT2D eigenvalue weighted by atomic mass is 32.1. The zero-order chi connectivity index (χ0) is 14.4. The molecule has 0 radical (unpaired) electrons. The van der Waals surface area contributed by atoms with Gasteiger partial charge in [0.25, 0.3) is 0 Å². The SMILES string of the molecule is CCOC(=O)c1oc(-c2cc3sccc3s2)nc1C1CC1. The summed E-state index contributed by atoms with van der Waals surface area (Å²) in [5.74, 6) is 0.763. The minimum absolute atomic E-state index is 0.283. The molecule has 1 aliphatic rings. The zero-order valence-corrected chi connectivity index (χ0v) is 13.1. The molecule has 108 valence electrons. The van der Waals surface area contributed by atoms with Crippen molar-refractivity contribution in [1.82, 2.24) is 4.98 Å². The molecule has 0 aromatic carbocycles. The van der Waals surface area contributed by atoms with Gasteiger partial charge in [-0.05, 0) is 37.3 Å². The number of nitrogens with zero attached hydrogens (tertiary/aromatic N) is 1. The summed E-state index contributed by atoms with van der Waals surface area (Å²) in [4.78, 5) is 17.5. The molecule has 6 heteroatoms. The molecule has 1 aliphatic carbocycles. The van der Waals surface area contributed by atoms with Crippen LogP contribution in [0.1, 0.15) is 41.9 Å². The lowest BCUT2D eigenvalue weighted by atomic mass is 10.2. The second-order valence-electron chi connectivity index (χ2n) is 4.99. The van der Waals surface area contributed by atoms with E-state index in [0.717, 1.165) is 23.4 Å². The number of rotatable bonds is 4. The zero-order valence-electron chi connectivity index (χ0n) is 11.4. The number of carbonyl (C=O) groups excluding carboxylic acids is 1. The van der Waals surface area contributed by atoms with Crippen molar-refractivity contribution < 1.29 is 13.9 Å². The molecular weight excluding hydrogens is 306 g/mol. The van der Waals surface area contributed by atoms with Crippen molar-refractivity contribution in [3.63, 3.8) is 0 Å². The van der Waals surface area contributed by atoms with Crippen molar-refractivity contribution in [2.75, 3.05) is 6.61 Å². The fraction of sp³-hybridized carbons (Fsp3) is 0.333. The van der Waals surface area contributed by atoms with Crippen LogP contribution in [0.25, 0.3) is 20.2 Å². The van der Waals surface area contributed by atoms with Crippen LogP contribution in [0.5, 0.6) is 0 Å². The molecule has 0 unspecified atom stereocenters. The van der Waals surface area contributed by atoms with Gasteiger partial charge in [-0.25, -0.2) is 9.78 Å². The first kappa shape index (κ1) is 13.0. The van der Waals surface area contributed by atoms with Gasteiger partial charge in [0, 0.05) is 15.3 Å². The Labute approximate surface area is 129 Å². The van der Waals surface area contributed by atoms with Gasteiger partial charge in [0.1, 0.15) is 0 Å². The average molecular weight is 319 g/mol. The van der Waals surface area contributed by atoms with Crippen molar-refractivity contribution in [3.8, 4) is 10.8 Å². The maximum atomic E-state index is 12.0. The summed E-state index contributed by atoms with van der Waals surface area (Å²) >= 11 is 3.33. The Morgan fingerprint density at radius 1 is 1.48 bits per heavy atom. The number of hydrogen-bond acceptors (Lipinski definition) is 6. The third-order valence-corrected chi connectivity index (χ3v) is 5.51. The summed E-state index contributed by atoms with van der Waals surface area (Å²) in [5.41, 5.74) is 0.764. The molecule has 3 heterocycles. The number of esters is 1. The molecule has 21 heavy (non-hydrogen) atoms. The number of carbonyl (C=O) groups is 1. The Morgan fingerprint density at radius 3 is 3.05 bits per heavy atom. The minimum Gasteiger partial charge on any atom is -0.460 e. The maximum Gasteiger partial charge on any atom is 0.376 e. The van der Waals surface area contributed by atoms with Gasteiger partial charge in [0.05, 0.1) is 17.2 Å². The quantitative estimate of drug-likeness (QED) is 0.656. The van der Waals surface area contributed by atoms with Crippen LogP contribution in [0, 0.1) is 0 Å². The lowest BCUT2D eigenvalue weighted by Gasteiger charge is -1.98. The fourth-order valence-electron chi connectivity index (χ4n) is 2.28. The van der Waals surface area contributed by atoms with Gasteiger partial charge in [0.15, 0.2) is 0 Å². The highest BCUT2D eigenvalue weighted by molar-refractivity contribution is 7.28. The van der Waals surface area contributed by atoms with E-state index < -0.39 is 5.97 Å². The molecular formula is C15H13NO3S2. The Hall–Kier alpha value is -1.66. The molecule has 0 amide bonds. The summed E-state index contributed by atoms with van der Waals surface area (Å²) in [5, 5.41) is 2.07. The molecule has 0 atom stereocenters. The summed E-state index contributed by atoms with van der Waals surface area (Å²) in [6.45, 7) is 2.13. The largest absolute Gasteiger partial charge is 0.460 e. The molecule has 3 aromatic rings. The lowest BCUT2D eigenvalue weighted by Crippen LogP contribution is -2.05. The second kappa shape index (κ2) is 4.96. The number of ether oxygens (including phenoxy) is 1. The Morgan fingerprint density at radius 2 is 2.33 bits per heavy atom. The van der Waals surface area contributed by atoms with Crippen LogP contribution < -0.4 is 0 Å². The number of fused-ring (bicyclic) bond motifs is 1. The summed E-state index contributed by atoms with van der Waals surface area (Å²) in [7, 11) is 0. The fourth-order valence-corrected chi connectivity index (χ4v) is 4.32. The van der Waals surface area contributed by atoms with Gasteiger partial charge < -0.3 is 9.15 Å². The van der Waals surface area contributed by atoms with Crippen LogP contribution in [-0.4, -0.2) is 17.6 Å². The molecule has 0 bridgehead atoms. The molecule has 0 spiro atoms. The van der Waals surface area contributed by atoms with E-state index in [9.17, 15) is 4.79 Å². The van der Waals surface area contributed by atoms with Crippen molar-refractivity contribution in [2.24, 2.45) is 0 Å². The maximum absolute atomic E-state index is 12.0. The van der Waals surface area contributed by atoms with E-state index >= 15 is 0 Å². The van der Waals surface area contributed by atoms with Crippen molar-refractivity contribution >= 4 is 38.0 Å². The van der Waals surface area contributed by atoms with E-state index in [-0.39, 0.29) is 5.76 Å². The first-order valence-electron chi connectivity index (χ1n) is 6.91. The van der Waals surface area contributed by atoms with E-state index in [1.54, 1.807) is 29.6 Å². The molecule has 0 aliphatic heterocycles. The summed E-state index contributed by atoms with van der Waals surface area (Å²) < 4.78 is 13.3. The number of hydrogen-bond donors (Lipinski definition) is 0. The lowest BCUT2D eigenvalue weighted by molar-refractivity contribution is 0.0489. The van der Waals surface area contributed by atoms with Crippen LogP contribution in [0.15, 0.2) is 21.9 Å². The van der Waals surface area contributed by atoms with Gasteiger partial charge in [-0.3, -0.25) is 0 Å². The highest BCUT2D eigenvalue weighted by Gasteiger charge is 2.34. The van der Waals surface area contributed by atoms with E-state index in [1.807, 2.05) is 0 Å². The van der Waals surface area contributed by atoms with Gasteiger partial charge in [-0.1, -0.05) is 0 Å². The predicted octanol–water partition coefficient (Wildman–Crippen LogP) is 4.67. The van der Waals surface area contributed by atoms with E-state index in [0.29, 0.717) is 18.4 Å². The minimum atomic E-state index is -0.406. The van der Waals surface area contributed by atoms with Crippen molar-refractivity contribution in [2.45, 2.75) is 25.7 Å². The number of thiophene rings is 2. The van der Waals surface area contributed by atoms with Gasteiger partial charge >= 0.3 is 5.97 Å². The first-order chi connectivity index (χ1) is 10.3. The Kier molecular flexibility index (Phi) is 3.08. The molecule has 0 N–H and O–H groups in total. The smallest absolute Gasteiger partial charge is 0.376 e. The standard InChI is InChI=1S/C15H13NO3S2/c1-2-18-15(17)13-12(8-3-4-8)16-14(19-13)11-7-10-9(21-11)5-6-20-10/h5-8H,2-4H2,1H3. The van der Waals surface area contributed by atoms with Crippen LogP contribution >= 0.6 is 22.7 Å². The van der Waals surface area contributed by atoms with Gasteiger partial charge in [-0.15, -0.1) is 22.7 Å². The number of oxazole rings is 1. The Balaban J connectivity index is 1.77. The van der Waals surface area contributed by atoms with Crippen LogP contribution in [0.4, 0.5) is 0 Å². The van der Waals surface area contributed by atoms with Gasteiger partial charge in [-0.2, -0.15) is 0 Å². The Bertz CT molecular complexity index is 781. The molecule has 4 nitrogen and oxygen atoms in total. The molecule has 4 rings (SSSR count). The number of aromatic nitrogens is 1. The van der Waals surface area contributed by atoms with E-state index in [1.165, 1.54) is 9.40 Å². The van der Waals surface area contributed by atoms with E-state index in [4.69, 9.17) is 9.15 Å². The first-order valence-corrected chi connectivity index (χ1v) is 8.61. The summed E-state index contributed by atoms with van der Waals surface area (Å²) in [6, 6.07) is 4.16. The third-order valence-electron chi connectivity index (χ3n) is 3.43. The van der Waals surface area contributed by atoms with Crippen LogP contribution in [0.3, 0.4) is 0 Å². The molecule has 3 aromatic heterocycles. The highest BCUT2D eigenvalue weighted by Crippen LogP contribution is 2.44.